The third-order valence-corrected chi connectivity index (χ3v) is 4.38. The van der Waals surface area contributed by atoms with Crippen LogP contribution in [0.25, 0.3) is 11.0 Å². The maximum Gasteiger partial charge on any atom is 0.263 e. The zero-order chi connectivity index (χ0) is 15.1. The maximum absolute atomic E-state index is 12.2. The van der Waals surface area contributed by atoms with Gasteiger partial charge < -0.3 is 0 Å². The van der Waals surface area contributed by atoms with E-state index >= 15 is 0 Å². The Bertz CT molecular complexity index is 814. The number of amides is 1. The molecule has 3 heterocycles. The number of carbonyl (C=O) groups excluding carboxylic acids is 1. The van der Waals surface area contributed by atoms with Crippen LogP contribution in [0.2, 0.25) is 0 Å². The van der Waals surface area contributed by atoms with E-state index < -0.39 is 0 Å². The van der Waals surface area contributed by atoms with Crippen molar-refractivity contribution in [3.05, 3.63) is 16.6 Å². The first-order valence-corrected chi connectivity index (χ1v) is 7.56. The molecule has 8 heteroatoms. The average molecular weight is 300 g/mol. The molecule has 1 aliphatic carbocycles. The highest BCUT2D eigenvalue weighted by Gasteiger charge is 2.32. The van der Waals surface area contributed by atoms with Crippen LogP contribution in [-0.4, -0.2) is 31.8 Å². The van der Waals surface area contributed by atoms with E-state index in [4.69, 9.17) is 0 Å². The van der Waals surface area contributed by atoms with Gasteiger partial charge in [-0.3, -0.25) is 19.7 Å². The SMILES string of the molecule is O=C1CC(C2CCCCC2)=NN1c1nc2[nH]ncc2c(=O)[nH]1. The van der Waals surface area contributed by atoms with Gasteiger partial charge in [0.15, 0.2) is 5.65 Å². The summed E-state index contributed by atoms with van der Waals surface area (Å²) < 4.78 is 0. The van der Waals surface area contributed by atoms with E-state index in [9.17, 15) is 9.59 Å². The topological polar surface area (TPSA) is 107 Å². The molecule has 0 aromatic carbocycles. The van der Waals surface area contributed by atoms with Crippen LogP contribution in [0.4, 0.5) is 5.95 Å². The molecule has 2 aliphatic rings. The molecule has 0 saturated heterocycles. The van der Waals surface area contributed by atoms with Gasteiger partial charge in [0.25, 0.3) is 11.5 Å². The summed E-state index contributed by atoms with van der Waals surface area (Å²) in [6, 6.07) is 0. The molecule has 2 N–H and O–H groups in total. The molecule has 1 amide bonds. The lowest BCUT2D eigenvalue weighted by atomic mass is 9.85. The number of rotatable bonds is 2. The van der Waals surface area contributed by atoms with Crippen LogP contribution >= 0.6 is 0 Å². The van der Waals surface area contributed by atoms with E-state index in [1.165, 1.54) is 30.5 Å². The van der Waals surface area contributed by atoms with Gasteiger partial charge in [0.1, 0.15) is 5.39 Å². The largest absolute Gasteiger partial charge is 0.290 e. The Balaban J connectivity index is 1.69. The summed E-state index contributed by atoms with van der Waals surface area (Å²) >= 11 is 0. The molecule has 4 rings (SSSR count). The number of hydrogen-bond donors (Lipinski definition) is 2. The summed E-state index contributed by atoms with van der Waals surface area (Å²) in [5, 5.41) is 12.4. The van der Waals surface area contributed by atoms with Gasteiger partial charge in [-0.15, -0.1) is 0 Å². The summed E-state index contributed by atoms with van der Waals surface area (Å²) in [5.41, 5.74) is 0.938. The maximum atomic E-state index is 12.2. The van der Waals surface area contributed by atoms with E-state index in [0.717, 1.165) is 18.6 Å². The second kappa shape index (κ2) is 5.04. The van der Waals surface area contributed by atoms with Crippen molar-refractivity contribution < 1.29 is 4.79 Å². The Labute approximate surface area is 125 Å². The number of H-pyrrole nitrogens is 2. The first kappa shape index (κ1) is 13.2. The lowest BCUT2D eigenvalue weighted by Gasteiger charge is -2.20. The monoisotopic (exact) mass is 300 g/mol. The minimum Gasteiger partial charge on any atom is -0.290 e. The molecule has 2 aromatic heterocycles. The molecular weight excluding hydrogens is 284 g/mol. The predicted octanol–water partition coefficient (Wildman–Crippen LogP) is 1.32. The highest BCUT2D eigenvalue weighted by Crippen LogP contribution is 2.29. The fraction of sp³-hybridized carbons (Fsp3) is 0.500. The molecule has 0 spiro atoms. The number of nitrogens with one attached hydrogen (secondary N) is 2. The molecular formula is C14H16N6O2. The molecule has 0 unspecified atom stereocenters. The first-order chi connectivity index (χ1) is 10.7. The molecule has 0 bridgehead atoms. The minimum absolute atomic E-state index is 0.150. The highest BCUT2D eigenvalue weighted by molar-refractivity contribution is 6.13. The molecule has 1 aliphatic heterocycles. The number of hydrogen-bond acceptors (Lipinski definition) is 5. The lowest BCUT2D eigenvalue weighted by Crippen LogP contribution is -2.24. The van der Waals surface area contributed by atoms with Crippen molar-refractivity contribution in [1.29, 1.82) is 0 Å². The lowest BCUT2D eigenvalue weighted by molar-refractivity contribution is -0.117. The van der Waals surface area contributed by atoms with Crippen LogP contribution in [0.1, 0.15) is 38.5 Å². The highest BCUT2D eigenvalue weighted by atomic mass is 16.2. The van der Waals surface area contributed by atoms with Gasteiger partial charge in [-0.25, -0.2) is 0 Å². The van der Waals surface area contributed by atoms with Crippen LogP contribution in [0, 0.1) is 5.92 Å². The zero-order valence-corrected chi connectivity index (χ0v) is 12.0. The van der Waals surface area contributed by atoms with Crippen molar-refractivity contribution in [1.82, 2.24) is 20.2 Å². The van der Waals surface area contributed by atoms with Crippen LogP contribution in [0.3, 0.4) is 0 Å². The van der Waals surface area contributed by atoms with Gasteiger partial charge in [0.2, 0.25) is 5.95 Å². The minimum atomic E-state index is -0.331. The van der Waals surface area contributed by atoms with Crippen LogP contribution in [0.5, 0.6) is 0 Å². The number of aromatic amines is 2. The molecule has 0 atom stereocenters. The zero-order valence-electron chi connectivity index (χ0n) is 12.0. The second-order valence-electron chi connectivity index (χ2n) is 5.83. The molecule has 1 fully saturated rings. The number of hydrazone groups is 1. The van der Waals surface area contributed by atoms with E-state index in [-0.39, 0.29) is 17.4 Å². The van der Waals surface area contributed by atoms with Crippen molar-refractivity contribution >= 4 is 28.6 Å². The summed E-state index contributed by atoms with van der Waals surface area (Å²) in [6.07, 6.45) is 7.53. The van der Waals surface area contributed by atoms with Gasteiger partial charge in [-0.05, 0) is 18.8 Å². The molecule has 114 valence electrons. The molecule has 1 saturated carbocycles. The van der Waals surface area contributed by atoms with Crippen LogP contribution in [0.15, 0.2) is 16.1 Å². The number of fused-ring (bicyclic) bond motifs is 1. The number of nitrogens with zero attached hydrogens (tertiary/aromatic N) is 4. The summed E-state index contributed by atoms with van der Waals surface area (Å²) in [7, 11) is 0. The fourth-order valence-electron chi connectivity index (χ4n) is 3.21. The summed E-state index contributed by atoms with van der Waals surface area (Å²) in [4.78, 5) is 31.0. The summed E-state index contributed by atoms with van der Waals surface area (Å²) in [5.74, 6) is 0.380. The van der Waals surface area contributed by atoms with E-state index in [1.807, 2.05) is 0 Å². The Morgan fingerprint density at radius 1 is 1.18 bits per heavy atom. The smallest absolute Gasteiger partial charge is 0.263 e. The van der Waals surface area contributed by atoms with Crippen molar-refractivity contribution in [3.8, 4) is 0 Å². The normalized spacial score (nSPS) is 19.9. The molecule has 2 aromatic rings. The van der Waals surface area contributed by atoms with Crippen molar-refractivity contribution in [2.24, 2.45) is 11.0 Å². The number of aromatic nitrogens is 4. The Kier molecular flexibility index (Phi) is 3.02. The number of carbonyl (C=O) groups is 1. The summed E-state index contributed by atoms with van der Waals surface area (Å²) in [6.45, 7) is 0. The van der Waals surface area contributed by atoms with Crippen molar-refractivity contribution in [2.45, 2.75) is 38.5 Å². The molecule has 22 heavy (non-hydrogen) atoms. The second-order valence-corrected chi connectivity index (χ2v) is 5.83. The van der Waals surface area contributed by atoms with E-state index in [0.29, 0.717) is 23.4 Å². The fourth-order valence-corrected chi connectivity index (χ4v) is 3.21. The molecule has 0 radical (unpaired) electrons. The third kappa shape index (κ3) is 2.11. The van der Waals surface area contributed by atoms with E-state index in [1.54, 1.807) is 0 Å². The van der Waals surface area contributed by atoms with Crippen LogP contribution < -0.4 is 10.6 Å². The molecule has 8 nitrogen and oxygen atoms in total. The van der Waals surface area contributed by atoms with Gasteiger partial charge in [0.05, 0.1) is 18.3 Å². The van der Waals surface area contributed by atoms with Gasteiger partial charge in [0, 0.05) is 0 Å². The number of anilines is 1. The Morgan fingerprint density at radius 2 is 2.00 bits per heavy atom. The quantitative estimate of drug-likeness (QED) is 0.872. The Morgan fingerprint density at radius 3 is 2.82 bits per heavy atom. The van der Waals surface area contributed by atoms with Crippen LogP contribution in [-0.2, 0) is 4.79 Å². The Hall–Kier alpha value is -2.51. The van der Waals surface area contributed by atoms with E-state index in [2.05, 4.69) is 25.3 Å². The average Bonchev–Trinajstić information content (AvgIpc) is 3.15. The standard InChI is InChI=1S/C14H16N6O2/c21-11-6-10(8-4-2-1-3-5-8)19-20(11)14-16-12-9(7-15-18-12)13(22)17-14/h7-8H,1-6H2,(H2,15,16,17,18,22). The van der Waals surface area contributed by atoms with Crippen molar-refractivity contribution in [3.63, 3.8) is 0 Å². The van der Waals surface area contributed by atoms with Crippen molar-refractivity contribution in [2.75, 3.05) is 5.01 Å². The van der Waals surface area contributed by atoms with Gasteiger partial charge >= 0.3 is 0 Å². The third-order valence-electron chi connectivity index (χ3n) is 4.38. The van der Waals surface area contributed by atoms with Gasteiger partial charge in [-0.1, -0.05) is 19.3 Å². The van der Waals surface area contributed by atoms with Gasteiger partial charge in [-0.2, -0.15) is 20.2 Å². The first-order valence-electron chi connectivity index (χ1n) is 7.56. The predicted molar refractivity (Wildman–Crippen MR) is 80.6 cm³/mol.